The van der Waals surface area contributed by atoms with Gasteiger partial charge in [-0.1, -0.05) is 0 Å². The summed E-state index contributed by atoms with van der Waals surface area (Å²) in [6.45, 7) is 0. The molecule has 0 bridgehead atoms. The Balaban J connectivity index is 3.06. The van der Waals surface area contributed by atoms with Crippen LogP contribution >= 0.6 is 11.6 Å². The van der Waals surface area contributed by atoms with E-state index in [-0.39, 0.29) is 23.6 Å². The van der Waals surface area contributed by atoms with Gasteiger partial charge in [-0.2, -0.15) is 0 Å². The summed E-state index contributed by atoms with van der Waals surface area (Å²) < 4.78 is 12.7. The maximum Gasteiger partial charge on any atom is 0.275 e. The summed E-state index contributed by atoms with van der Waals surface area (Å²) in [7, 11) is 0. The highest BCUT2D eigenvalue weighted by Gasteiger charge is 2.16. The average molecular weight is 232 g/mol. The third kappa shape index (κ3) is 2.99. The number of rotatable bonds is 4. The van der Waals surface area contributed by atoms with Crippen LogP contribution in [0.15, 0.2) is 18.2 Å². The molecule has 1 aromatic carbocycles. The highest BCUT2D eigenvalue weighted by Crippen LogP contribution is 2.20. The zero-order chi connectivity index (χ0) is 11.4. The topological polar surface area (TPSA) is 60.2 Å². The van der Waals surface area contributed by atoms with Crippen LogP contribution in [0.25, 0.3) is 0 Å². The lowest BCUT2D eigenvalue weighted by Gasteiger charge is -2.00. The minimum absolute atomic E-state index is 0.153. The highest BCUT2D eigenvalue weighted by molar-refractivity contribution is 6.27. The summed E-state index contributed by atoms with van der Waals surface area (Å²) in [5, 5.41) is 10.5. The Morgan fingerprint density at radius 2 is 2.20 bits per heavy atom. The van der Waals surface area contributed by atoms with E-state index in [1.807, 2.05) is 0 Å². The fraction of sp³-hybridized carbons (Fsp3) is 0.222. The molecule has 1 rings (SSSR count). The van der Waals surface area contributed by atoms with Crippen molar-refractivity contribution in [3.8, 4) is 0 Å². The Kier molecular flexibility index (Phi) is 3.74. The van der Waals surface area contributed by atoms with E-state index in [0.717, 1.165) is 12.1 Å². The first-order valence-electron chi connectivity index (χ1n) is 4.05. The molecule has 0 aliphatic rings. The van der Waals surface area contributed by atoms with Gasteiger partial charge < -0.3 is 0 Å². The van der Waals surface area contributed by atoms with E-state index in [1.165, 1.54) is 6.07 Å². The molecule has 80 valence electrons. The molecule has 0 aliphatic carbocycles. The molecule has 0 aliphatic heterocycles. The zero-order valence-electron chi connectivity index (χ0n) is 7.57. The number of hydrogen-bond donors (Lipinski definition) is 0. The number of halogens is 2. The molecule has 0 amide bonds. The molecule has 4 nitrogen and oxygen atoms in total. The summed E-state index contributed by atoms with van der Waals surface area (Å²) in [4.78, 5) is 20.8. The monoisotopic (exact) mass is 231 g/mol. The Bertz CT molecular complexity index is 408. The second kappa shape index (κ2) is 4.84. The van der Waals surface area contributed by atoms with Crippen LogP contribution in [0.4, 0.5) is 10.1 Å². The van der Waals surface area contributed by atoms with Gasteiger partial charge in [0.2, 0.25) is 0 Å². The van der Waals surface area contributed by atoms with E-state index in [1.54, 1.807) is 0 Å². The van der Waals surface area contributed by atoms with Crippen LogP contribution in [0.2, 0.25) is 0 Å². The first-order chi connectivity index (χ1) is 7.04. The molecule has 15 heavy (non-hydrogen) atoms. The van der Waals surface area contributed by atoms with Crippen molar-refractivity contribution in [1.82, 2.24) is 0 Å². The second-order valence-corrected chi connectivity index (χ2v) is 3.15. The van der Waals surface area contributed by atoms with Crippen LogP contribution in [-0.2, 0) is 11.2 Å². The van der Waals surface area contributed by atoms with Gasteiger partial charge in [0.1, 0.15) is 5.82 Å². The molecule has 0 aromatic heterocycles. The van der Waals surface area contributed by atoms with Gasteiger partial charge in [0, 0.05) is 12.0 Å². The quantitative estimate of drug-likeness (QED) is 0.453. The molecular weight excluding hydrogens is 225 g/mol. The summed E-state index contributed by atoms with van der Waals surface area (Å²) >= 11 is 5.27. The highest BCUT2D eigenvalue weighted by atomic mass is 35.5. The van der Waals surface area contributed by atoms with Crippen LogP contribution in [0.3, 0.4) is 0 Å². The summed E-state index contributed by atoms with van der Waals surface area (Å²) in [5.41, 5.74) is -0.222. The van der Waals surface area contributed by atoms with Gasteiger partial charge in [-0.15, -0.1) is 11.6 Å². The van der Waals surface area contributed by atoms with Gasteiger partial charge in [-0.05, 0) is 12.1 Å². The summed E-state index contributed by atoms with van der Waals surface area (Å²) in [5.74, 6) is -1.26. The van der Waals surface area contributed by atoms with Crippen molar-refractivity contribution >= 4 is 23.1 Å². The van der Waals surface area contributed by atoms with Crippen molar-refractivity contribution in [3.05, 3.63) is 39.7 Å². The third-order valence-corrected chi connectivity index (χ3v) is 2.08. The van der Waals surface area contributed by atoms with Crippen LogP contribution in [0.1, 0.15) is 5.56 Å². The van der Waals surface area contributed by atoms with Crippen molar-refractivity contribution in [3.63, 3.8) is 0 Å². The number of nitro groups is 1. The van der Waals surface area contributed by atoms with E-state index >= 15 is 0 Å². The number of nitro benzene ring substituents is 1. The molecule has 0 unspecified atom stereocenters. The normalized spacial score (nSPS) is 10.0. The smallest absolute Gasteiger partial charge is 0.275 e. The lowest BCUT2D eigenvalue weighted by molar-refractivity contribution is -0.385. The molecule has 0 N–H and O–H groups in total. The van der Waals surface area contributed by atoms with Gasteiger partial charge in [-0.25, -0.2) is 4.39 Å². The van der Waals surface area contributed by atoms with Crippen molar-refractivity contribution < 1.29 is 14.1 Å². The maximum atomic E-state index is 12.7. The van der Waals surface area contributed by atoms with Crippen molar-refractivity contribution in [2.24, 2.45) is 0 Å². The van der Waals surface area contributed by atoms with Gasteiger partial charge in [-0.3, -0.25) is 14.9 Å². The number of nitrogens with zero attached hydrogens (tertiary/aromatic N) is 1. The molecule has 0 radical (unpaired) electrons. The van der Waals surface area contributed by atoms with Gasteiger partial charge in [0.25, 0.3) is 5.69 Å². The van der Waals surface area contributed by atoms with Crippen LogP contribution in [0, 0.1) is 15.9 Å². The van der Waals surface area contributed by atoms with Crippen molar-refractivity contribution in [2.45, 2.75) is 6.42 Å². The number of hydrogen-bond acceptors (Lipinski definition) is 3. The van der Waals surface area contributed by atoms with Crippen LogP contribution < -0.4 is 0 Å². The maximum absolute atomic E-state index is 12.7. The Labute approximate surface area is 89.8 Å². The Hall–Kier alpha value is -1.49. The Morgan fingerprint density at radius 1 is 1.53 bits per heavy atom. The van der Waals surface area contributed by atoms with Crippen LogP contribution in [0.5, 0.6) is 0 Å². The Morgan fingerprint density at radius 3 is 2.73 bits per heavy atom. The minimum atomic E-state index is -0.722. The number of Topliss-reactive ketones (excluding diaryl/α,β-unsaturated/α-hetero) is 1. The molecule has 0 heterocycles. The lowest BCUT2D eigenvalue weighted by Crippen LogP contribution is -2.06. The first kappa shape index (κ1) is 11.6. The third-order valence-electron chi connectivity index (χ3n) is 1.78. The molecule has 0 atom stereocenters. The molecule has 1 aromatic rings. The van der Waals surface area contributed by atoms with Crippen molar-refractivity contribution in [2.75, 3.05) is 5.88 Å². The van der Waals surface area contributed by atoms with E-state index in [0.29, 0.717) is 0 Å². The van der Waals surface area contributed by atoms with Gasteiger partial charge in [0.15, 0.2) is 5.78 Å². The molecule has 0 saturated heterocycles. The van der Waals surface area contributed by atoms with E-state index in [9.17, 15) is 19.3 Å². The number of carbonyl (C=O) groups excluding carboxylic acids is 1. The molecule has 0 spiro atoms. The van der Waals surface area contributed by atoms with Gasteiger partial charge >= 0.3 is 0 Å². The predicted octanol–water partition coefficient (Wildman–Crippen LogP) is 2.08. The fourth-order valence-electron chi connectivity index (χ4n) is 1.12. The van der Waals surface area contributed by atoms with E-state index < -0.39 is 16.4 Å². The molecule has 6 heteroatoms. The minimum Gasteiger partial charge on any atom is -0.298 e. The molecular formula is C9H7ClFNO3. The number of alkyl halides is 1. The molecule has 0 saturated carbocycles. The standard InChI is InChI=1S/C9H7ClFNO3/c10-5-8(13)3-6-1-2-7(11)4-9(6)12(14)15/h1-2,4H,3,5H2. The summed E-state index contributed by atoms with van der Waals surface area (Å²) in [6, 6.07) is 3.08. The van der Waals surface area contributed by atoms with Gasteiger partial charge in [0.05, 0.1) is 16.9 Å². The largest absolute Gasteiger partial charge is 0.298 e. The molecule has 0 fully saturated rings. The summed E-state index contributed by atoms with van der Waals surface area (Å²) in [6.07, 6.45) is -0.153. The lowest BCUT2D eigenvalue weighted by atomic mass is 10.1. The SMILES string of the molecule is O=C(CCl)Cc1ccc(F)cc1[N+](=O)[O-]. The zero-order valence-corrected chi connectivity index (χ0v) is 8.33. The van der Waals surface area contributed by atoms with Crippen LogP contribution in [-0.4, -0.2) is 16.6 Å². The first-order valence-corrected chi connectivity index (χ1v) is 4.58. The van der Waals surface area contributed by atoms with E-state index in [4.69, 9.17) is 11.6 Å². The number of ketones is 1. The fourth-order valence-corrected chi connectivity index (χ4v) is 1.21. The predicted molar refractivity (Wildman–Crippen MR) is 52.5 cm³/mol. The van der Waals surface area contributed by atoms with Crippen molar-refractivity contribution in [1.29, 1.82) is 0 Å². The average Bonchev–Trinajstić information content (AvgIpc) is 2.20. The number of benzene rings is 1. The van der Waals surface area contributed by atoms with E-state index in [2.05, 4.69) is 0 Å². The number of carbonyl (C=O) groups is 1. The second-order valence-electron chi connectivity index (χ2n) is 2.88.